The van der Waals surface area contributed by atoms with Crippen molar-refractivity contribution < 1.29 is 0 Å². The third-order valence-corrected chi connectivity index (χ3v) is 10.1. The lowest BCUT2D eigenvalue weighted by molar-refractivity contribution is 1.18. The molecule has 0 aliphatic carbocycles. The van der Waals surface area contributed by atoms with Crippen molar-refractivity contribution in [3.8, 4) is 16.8 Å². The van der Waals surface area contributed by atoms with Crippen molar-refractivity contribution in [1.29, 1.82) is 0 Å². The summed E-state index contributed by atoms with van der Waals surface area (Å²) in [5.74, 6) is 0. The second-order valence-corrected chi connectivity index (χ2v) is 12.9. The van der Waals surface area contributed by atoms with E-state index in [-0.39, 0.29) is 0 Å². The van der Waals surface area contributed by atoms with E-state index in [0.29, 0.717) is 0 Å². The van der Waals surface area contributed by atoms with Gasteiger partial charge in [-0.05, 0) is 86.4 Å². The lowest BCUT2D eigenvalue weighted by Gasteiger charge is -2.28. The molecule has 0 atom stereocenters. The lowest BCUT2D eigenvalue weighted by Crippen LogP contribution is -2.11. The summed E-state index contributed by atoms with van der Waals surface area (Å²) in [5, 5.41) is 10.1. The zero-order valence-corrected chi connectivity index (χ0v) is 27.4. The van der Waals surface area contributed by atoms with Crippen molar-refractivity contribution in [3.05, 3.63) is 194 Å². The molecule has 10 aromatic rings. The molecule has 2 nitrogen and oxygen atoms in total. The summed E-state index contributed by atoms with van der Waals surface area (Å²) in [4.78, 5) is 2.44. The number of benzene rings is 9. The summed E-state index contributed by atoms with van der Waals surface area (Å²) in [7, 11) is 0. The van der Waals surface area contributed by atoms with Gasteiger partial charge in [-0.2, -0.15) is 0 Å². The molecule has 0 radical (unpaired) electrons. The Morgan fingerprint density at radius 3 is 1.50 bits per heavy atom. The number of nitrogens with zero attached hydrogens (tertiary/aromatic N) is 2. The highest BCUT2D eigenvalue weighted by Crippen LogP contribution is 2.45. The summed E-state index contributed by atoms with van der Waals surface area (Å²) in [6, 6.07) is 70.5. The Hall–Kier alpha value is -6.64. The monoisotopic (exact) mass is 636 g/mol. The van der Waals surface area contributed by atoms with Crippen LogP contribution in [-0.4, -0.2) is 4.57 Å². The van der Waals surface area contributed by atoms with Gasteiger partial charge in [0, 0.05) is 33.4 Å². The average Bonchev–Trinajstić information content (AvgIpc) is 3.53. The summed E-state index contributed by atoms with van der Waals surface area (Å²) in [6.45, 7) is 0. The van der Waals surface area contributed by atoms with Gasteiger partial charge in [-0.25, -0.2) is 0 Å². The minimum absolute atomic E-state index is 1.10. The van der Waals surface area contributed by atoms with Crippen LogP contribution in [0.1, 0.15) is 0 Å². The standard InChI is InChI=1S/C48H32N2/c1-3-15-33(16-4-1)37-19-11-13-25-46(37)49(35-27-29-42-40-22-8-7-20-38(40)39-21-9-10-23-41(39)45(42)31-35)36-28-30-44-43-24-12-14-26-47(43)50(48(44)32-36)34-17-5-2-6-18-34/h1-32H. The zero-order chi connectivity index (χ0) is 33.0. The van der Waals surface area contributed by atoms with E-state index in [9.17, 15) is 0 Å². The van der Waals surface area contributed by atoms with E-state index in [0.717, 1.165) is 22.7 Å². The van der Waals surface area contributed by atoms with Gasteiger partial charge in [0.05, 0.1) is 16.7 Å². The SMILES string of the molecule is c1ccc(-c2ccccc2N(c2ccc3c4ccccc4c4ccccc4c3c2)c2ccc3c4ccccc4n(-c4ccccc4)c3c2)cc1. The topological polar surface area (TPSA) is 8.17 Å². The van der Waals surface area contributed by atoms with E-state index in [1.54, 1.807) is 0 Å². The third kappa shape index (κ3) is 4.43. The van der Waals surface area contributed by atoms with Crippen LogP contribution in [0.3, 0.4) is 0 Å². The highest BCUT2D eigenvalue weighted by molar-refractivity contribution is 6.26. The van der Waals surface area contributed by atoms with Crippen LogP contribution in [0.25, 0.3) is 70.9 Å². The Bertz CT molecular complexity index is 2830. The van der Waals surface area contributed by atoms with Crippen LogP contribution in [0.15, 0.2) is 194 Å². The molecule has 1 heterocycles. The Kier molecular flexibility index (Phi) is 6.53. The van der Waals surface area contributed by atoms with Gasteiger partial charge >= 0.3 is 0 Å². The molecule has 50 heavy (non-hydrogen) atoms. The minimum atomic E-state index is 1.10. The number of fused-ring (bicyclic) bond motifs is 9. The first-order valence-electron chi connectivity index (χ1n) is 17.2. The summed E-state index contributed by atoms with van der Waals surface area (Å²) in [6.07, 6.45) is 0. The van der Waals surface area contributed by atoms with Gasteiger partial charge in [-0.3, -0.25) is 0 Å². The number of para-hydroxylation sites is 3. The molecule has 0 fully saturated rings. The van der Waals surface area contributed by atoms with Gasteiger partial charge in [0.15, 0.2) is 0 Å². The molecule has 0 amide bonds. The van der Waals surface area contributed by atoms with Crippen molar-refractivity contribution in [2.24, 2.45) is 0 Å². The van der Waals surface area contributed by atoms with Crippen LogP contribution in [0.5, 0.6) is 0 Å². The minimum Gasteiger partial charge on any atom is -0.310 e. The molecular formula is C48H32N2. The normalized spacial score (nSPS) is 11.6. The number of aromatic nitrogens is 1. The molecule has 0 bridgehead atoms. The average molecular weight is 637 g/mol. The van der Waals surface area contributed by atoms with E-state index < -0.39 is 0 Å². The van der Waals surface area contributed by atoms with Gasteiger partial charge in [0.25, 0.3) is 0 Å². The van der Waals surface area contributed by atoms with Gasteiger partial charge < -0.3 is 9.47 Å². The largest absolute Gasteiger partial charge is 0.310 e. The quantitative estimate of drug-likeness (QED) is 0.171. The summed E-state index contributed by atoms with van der Waals surface area (Å²) < 4.78 is 2.40. The maximum Gasteiger partial charge on any atom is 0.0561 e. The van der Waals surface area contributed by atoms with E-state index in [4.69, 9.17) is 0 Å². The van der Waals surface area contributed by atoms with Crippen molar-refractivity contribution in [1.82, 2.24) is 4.57 Å². The maximum absolute atomic E-state index is 2.44. The molecule has 0 saturated heterocycles. The van der Waals surface area contributed by atoms with Crippen molar-refractivity contribution in [2.45, 2.75) is 0 Å². The summed E-state index contributed by atoms with van der Waals surface area (Å²) in [5.41, 5.74) is 9.24. The van der Waals surface area contributed by atoms with E-state index in [1.165, 1.54) is 65.3 Å². The smallest absolute Gasteiger partial charge is 0.0561 e. The maximum atomic E-state index is 2.44. The Balaban J connectivity index is 1.29. The van der Waals surface area contributed by atoms with E-state index in [2.05, 4.69) is 204 Å². The molecule has 1 aromatic heterocycles. The van der Waals surface area contributed by atoms with Crippen molar-refractivity contribution in [3.63, 3.8) is 0 Å². The molecule has 0 unspecified atom stereocenters. The predicted molar refractivity (Wildman–Crippen MR) is 213 cm³/mol. The van der Waals surface area contributed by atoms with Crippen LogP contribution < -0.4 is 4.90 Å². The van der Waals surface area contributed by atoms with E-state index >= 15 is 0 Å². The number of hydrogen-bond acceptors (Lipinski definition) is 1. The molecule has 2 heteroatoms. The number of anilines is 3. The molecule has 0 spiro atoms. The van der Waals surface area contributed by atoms with Gasteiger partial charge in [0.2, 0.25) is 0 Å². The first-order valence-corrected chi connectivity index (χ1v) is 17.2. The molecule has 0 N–H and O–H groups in total. The fourth-order valence-electron chi connectivity index (χ4n) is 7.95. The first kappa shape index (κ1) is 28.4. The molecule has 9 aromatic carbocycles. The van der Waals surface area contributed by atoms with Gasteiger partial charge in [0.1, 0.15) is 0 Å². The van der Waals surface area contributed by atoms with Crippen molar-refractivity contribution >= 4 is 71.2 Å². The highest BCUT2D eigenvalue weighted by Gasteiger charge is 2.21. The third-order valence-electron chi connectivity index (χ3n) is 10.1. The lowest BCUT2D eigenvalue weighted by atomic mass is 9.93. The van der Waals surface area contributed by atoms with Crippen LogP contribution >= 0.6 is 0 Å². The second-order valence-electron chi connectivity index (χ2n) is 12.9. The van der Waals surface area contributed by atoms with Gasteiger partial charge in [-0.1, -0.05) is 146 Å². The van der Waals surface area contributed by atoms with Crippen molar-refractivity contribution in [2.75, 3.05) is 4.90 Å². The Labute approximate surface area is 290 Å². The molecule has 0 aliphatic heterocycles. The molecule has 0 aliphatic rings. The van der Waals surface area contributed by atoms with Crippen LogP contribution in [0.4, 0.5) is 17.1 Å². The predicted octanol–water partition coefficient (Wildman–Crippen LogP) is 13.4. The highest BCUT2D eigenvalue weighted by atomic mass is 15.1. The fraction of sp³-hybridized carbons (Fsp3) is 0. The molecule has 0 saturated carbocycles. The Morgan fingerprint density at radius 2 is 0.800 bits per heavy atom. The van der Waals surface area contributed by atoms with Crippen LogP contribution in [0.2, 0.25) is 0 Å². The fourth-order valence-corrected chi connectivity index (χ4v) is 7.95. The molecule has 234 valence electrons. The number of rotatable bonds is 5. The van der Waals surface area contributed by atoms with Crippen LogP contribution in [0, 0.1) is 0 Å². The second kappa shape index (κ2) is 11.5. The Morgan fingerprint density at radius 1 is 0.320 bits per heavy atom. The zero-order valence-electron chi connectivity index (χ0n) is 27.4. The molecule has 10 rings (SSSR count). The molecular weight excluding hydrogens is 605 g/mol. The first-order chi connectivity index (χ1) is 24.8. The van der Waals surface area contributed by atoms with Gasteiger partial charge in [-0.15, -0.1) is 0 Å². The number of hydrogen-bond donors (Lipinski definition) is 0. The summed E-state index contributed by atoms with van der Waals surface area (Å²) >= 11 is 0. The van der Waals surface area contributed by atoms with Crippen LogP contribution in [-0.2, 0) is 0 Å². The van der Waals surface area contributed by atoms with E-state index in [1.807, 2.05) is 0 Å².